The highest BCUT2D eigenvalue weighted by Gasteiger charge is 2.32. The van der Waals surface area contributed by atoms with E-state index in [-0.39, 0.29) is 24.9 Å². The maximum absolute atomic E-state index is 12.2. The van der Waals surface area contributed by atoms with E-state index >= 15 is 0 Å². The Morgan fingerprint density at radius 1 is 0.952 bits per heavy atom. The average Bonchev–Trinajstić information content (AvgIpc) is 2.49. The van der Waals surface area contributed by atoms with Gasteiger partial charge in [0.1, 0.15) is 6.33 Å². The third-order valence-corrected chi connectivity index (χ3v) is 3.27. The molecule has 1 aliphatic rings. The van der Waals surface area contributed by atoms with Crippen LogP contribution in [0.15, 0.2) is 49.1 Å². The SMILES string of the molecule is O=C1CN(Cc2ccccc2)CC(=O)N1c1cncnc1. The first-order valence-electron chi connectivity index (χ1n) is 6.61. The van der Waals surface area contributed by atoms with E-state index in [2.05, 4.69) is 9.97 Å². The molecule has 0 saturated carbocycles. The van der Waals surface area contributed by atoms with Crippen molar-refractivity contribution >= 4 is 17.5 Å². The maximum atomic E-state index is 12.2. The number of carbonyl (C=O) groups is 2. The number of amides is 2. The van der Waals surface area contributed by atoms with Gasteiger partial charge in [0.25, 0.3) is 0 Å². The van der Waals surface area contributed by atoms with Crippen molar-refractivity contribution in [1.29, 1.82) is 0 Å². The summed E-state index contributed by atoms with van der Waals surface area (Å²) in [7, 11) is 0. The molecule has 0 N–H and O–H groups in total. The molecule has 2 amide bonds. The van der Waals surface area contributed by atoms with Gasteiger partial charge in [0, 0.05) is 6.54 Å². The highest BCUT2D eigenvalue weighted by atomic mass is 16.2. The molecule has 3 rings (SSSR count). The zero-order valence-electron chi connectivity index (χ0n) is 11.3. The smallest absolute Gasteiger partial charge is 0.248 e. The van der Waals surface area contributed by atoms with Crippen molar-refractivity contribution in [3.63, 3.8) is 0 Å². The van der Waals surface area contributed by atoms with Crippen LogP contribution in [0.3, 0.4) is 0 Å². The molecule has 0 spiro atoms. The lowest BCUT2D eigenvalue weighted by molar-refractivity contribution is -0.132. The largest absolute Gasteiger partial charge is 0.281 e. The Bertz CT molecular complexity index is 627. The number of piperazine rings is 1. The number of hydrogen-bond acceptors (Lipinski definition) is 5. The molecular weight excluding hydrogens is 268 g/mol. The Morgan fingerprint density at radius 3 is 2.19 bits per heavy atom. The molecule has 2 heterocycles. The fraction of sp³-hybridized carbons (Fsp3) is 0.200. The van der Waals surface area contributed by atoms with Gasteiger partial charge in [0.15, 0.2) is 0 Å². The Balaban J connectivity index is 1.73. The van der Waals surface area contributed by atoms with E-state index in [1.807, 2.05) is 35.2 Å². The van der Waals surface area contributed by atoms with Crippen LogP contribution in [0.1, 0.15) is 5.56 Å². The van der Waals surface area contributed by atoms with Gasteiger partial charge < -0.3 is 0 Å². The fourth-order valence-corrected chi connectivity index (χ4v) is 2.37. The molecule has 0 unspecified atom stereocenters. The fourth-order valence-electron chi connectivity index (χ4n) is 2.37. The molecule has 1 aromatic heterocycles. The Hall–Kier alpha value is -2.60. The zero-order chi connectivity index (χ0) is 14.7. The molecule has 0 aliphatic carbocycles. The number of carbonyl (C=O) groups excluding carboxylic acids is 2. The number of rotatable bonds is 3. The lowest BCUT2D eigenvalue weighted by Gasteiger charge is -2.32. The first-order valence-corrected chi connectivity index (χ1v) is 6.61. The number of hydrogen-bond donors (Lipinski definition) is 0. The summed E-state index contributed by atoms with van der Waals surface area (Å²) in [5.41, 5.74) is 1.50. The molecule has 0 radical (unpaired) electrons. The molecule has 1 saturated heterocycles. The van der Waals surface area contributed by atoms with Crippen LogP contribution >= 0.6 is 0 Å². The van der Waals surface area contributed by atoms with Gasteiger partial charge >= 0.3 is 0 Å². The third kappa shape index (κ3) is 2.95. The van der Waals surface area contributed by atoms with Crippen LogP contribution in [0.5, 0.6) is 0 Å². The Kier molecular flexibility index (Phi) is 3.70. The van der Waals surface area contributed by atoms with Gasteiger partial charge in [-0.1, -0.05) is 30.3 Å². The number of imide groups is 1. The van der Waals surface area contributed by atoms with E-state index < -0.39 is 0 Å². The van der Waals surface area contributed by atoms with Crippen molar-refractivity contribution in [2.45, 2.75) is 6.54 Å². The molecule has 2 aromatic rings. The molecule has 1 aliphatic heterocycles. The summed E-state index contributed by atoms with van der Waals surface area (Å²) in [4.78, 5) is 35.1. The Labute approximate surface area is 122 Å². The summed E-state index contributed by atoms with van der Waals surface area (Å²) in [5.74, 6) is -0.506. The van der Waals surface area contributed by atoms with Gasteiger partial charge in [-0.3, -0.25) is 14.5 Å². The maximum Gasteiger partial charge on any atom is 0.248 e. The first-order chi connectivity index (χ1) is 10.2. The number of anilines is 1. The van der Waals surface area contributed by atoms with Gasteiger partial charge in [0.05, 0.1) is 31.2 Å². The second-order valence-corrected chi connectivity index (χ2v) is 4.85. The molecule has 0 atom stereocenters. The number of nitrogens with zero attached hydrogens (tertiary/aromatic N) is 4. The second-order valence-electron chi connectivity index (χ2n) is 4.85. The highest BCUT2D eigenvalue weighted by molar-refractivity contribution is 6.17. The van der Waals surface area contributed by atoms with Crippen LogP contribution in [-0.4, -0.2) is 39.8 Å². The summed E-state index contributed by atoms with van der Waals surface area (Å²) >= 11 is 0. The quantitative estimate of drug-likeness (QED) is 0.781. The summed E-state index contributed by atoms with van der Waals surface area (Å²) in [5, 5.41) is 0. The lowest BCUT2D eigenvalue weighted by Crippen LogP contribution is -2.53. The highest BCUT2D eigenvalue weighted by Crippen LogP contribution is 2.17. The second kappa shape index (κ2) is 5.80. The van der Waals surface area contributed by atoms with E-state index in [0.717, 1.165) is 10.5 Å². The van der Waals surface area contributed by atoms with Crippen molar-refractivity contribution in [1.82, 2.24) is 14.9 Å². The predicted octanol–water partition coefficient (Wildman–Crippen LogP) is 0.852. The van der Waals surface area contributed by atoms with Gasteiger partial charge in [-0.05, 0) is 5.56 Å². The van der Waals surface area contributed by atoms with E-state index in [4.69, 9.17) is 0 Å². The van der Waals surface area contributed by atoms with E-state index in [9.17, 15) is 9.59 Å². The minimum atomic E-state index is -0.253. The lowest BCUT2D eigenvalue weighted by atomic mass is 10.2. The molecule has 21 heavy (non-hydrogen) atoms. The van der Waals surface area contributed by atoms with E-state index in [0.29, 0.717) is 12.2 Å². The molecular formula is C15H14N4O2. The normalized spacial score (nSPS) is 16.3. The van der Waals surface area contributed by atoms with Crippen molar-refractivity contribution in [3.05, 3.63) is 54.6 Å². The molecule has 106 valence electrons. The monoisotopic (exact) mass is 282 g/mol. The van der Waals surface area contributed by atoms with Crippen molar-refractivity contribution in [2.24, 2.45) is 0 Å². The van der Waals surface area contributed by atoms with Crippen LogP contribution in [0, 0.1) is 0 Å². The topological polar surface area (TPSA) is 66.4 Å². The van der Waals surface area contributed by atoms with Gasteiger partial charge in [0.2, 0.25) is 11.8 Å². The summed E-state index contributed by atoms with van der Waals surface area (Å²) in [6, 6.07) is 9.78. The van der Waals surface area contributed by atoms with Crippen molar-refractivity contribution in [2.75, 3.05) is 18.0 Å². The third-order valence-electron chi connectivity index (χ3n) is 3.27. The van der Waals surface area contributed by atoms with Crippen molar-refractivity contribution in [3.8, 4) is 0 Å². The summed E-state index contributed by atoms with van der Waals surface area (Å²) in [6.07, 6.45) is 4.30. The van der Waals surface area contributed by atoms with Gasteiger partial charge in [-0.15, -0.1) is 0 Å². The molecule has 1 aromatic carbocycles. The average molecular weight is 282 g/mol. The van der Waals surface area contributed by atoms with Crippen LogP contribution in [0.4, 0.5) is 5.69 Å². The Morgan fingerprint density at radius 2 is 1.57 bits per heavy atom. The van der Waals surface area contributed by atoms with Crippen LogP contribution in [0.2, 0.25) is 0 Å². The number of aromatic nitrogens is 2. The molecule has 0 bridgehead atoms. The summed E-state index contributed by atoms with van der Waals surface area (Å²) in [6.45, 7) is 0.989. The summed E-state index contributed by atoms with van der Waals surface area (Å²) < 4.78 is 0. The van der Waals surface area contributed by atoms with Crippen LogP contribution < -0.4 is 4.90 Å². The molecule has 1 fully saturated rings. The molecule has 6 nitrogen and oxygen atoms in total. The molecule has 6 heteroatoms. The predicted molar refractivity (Wildman–Crippen MR) is 76.2 cm³/mol. The first kappa shape index (κ1) is 13.4. The van der Waals surface area contributed by atoms with Crippen LogP contribution in [-0.2, 0) is 16.1 Å². The van der Waals surface area contributed by atoms with E-state index in [1.54, 1.807) is 0 Å². The van der Waals surface area contributed by atoms with E-state index in [1.165, 1.54) is 18.7 Å². The van der Waals surface area contributed by atoms with Crippen LogP contribution in [0.25, 0.3) is 0 Å². The zero-order valence-corrected chi connectivity index (χ0v) is 11.3. The minimum Gasteiger partial charge on any atom is -0.281 e. The number of benzene rings is 1. The van der Waals surface area contributed by atoms with Gasteiger partial charge in [-0.25, -0.2) is 14.9 Å². The van der Waals surface area contributed by atoms with Crippen molar-refractivity contribution < 1.29 is 9.59 Å². The standard InChI is InChI=1S/C15H14N4O2/c20-14-9-18(8-12-4-2-1-3-5-12)10-15(21)19(14)13-6-16-11-17-7-13/h1-7,11H,8-10H2. The van der Waals surface area contributed by atoms with Gasteiger partial charge in [-0.2, -0.15) is 0 Å². The minimum absolute atomic E-state index is 0.204.